The Bertz CT molecular complexity index is 1370. The van der Waals surface area contributed by atoms with Crippen LogP contribution < -0.4 is 21.0 Å². The van der Waals surface area contributed by atoms with Crippen LogP contribution in [0, 0.1) is 0 Å². The van der Waals surface area contributed by atoms with E-state index in [1.54, 1.807) is 41.9 Å². The molecule has 0 unspecified atom stereocenters. The first-order chi connectivity index (χ1) is 18.2. The number of nitrogens with one attached hydrogen (secondary N) is 1. The predicted molar refractivity (Wildman–Crippen MR) is 148 cm³/mol. The number of pyridine rings is 1. The van der Waals surface area contributed by atoms with Crippen molar-refractivity contribution < 1.29 is 4.74 Å². The number of hydrazone groups is 1. The van der Waals surface area contributed by atoms with Crippen LogP contribution >= 0.6 is 0 Å². The Morgan fingerprint density at radius 3 is 2.57 bits per heavy atom. The topological polar surface area (TPSA) is 105 Å². The summed E-state index contributed by atoms with van der Waals surface area (Å²) in [6.45, 7) is 7.13. The Labute approximate surface area is 216 Å². The molecule has 2 aromatic carbocycles. The van der Waals surface area contributed by atoms with Crippen molar-refractivity contribution in [1.82, 2.24) is 15.0 Å². The summed E-state index contributed by atoms with van der Waals surface area (Å²) in [5.74, 6) is 0.884. The standard InChI is InChI=1S/C28H28N8O/c1-2-36(34-27(29)21-10-13-30-14-11-21)24-8-6-23(7-9-24)32-28-31-15-12-26(33-28)22-4-3-5-25(20-22)35-16-18-37-19-17-35/h2-15,20H,1,16-19H2,(H2,29,34)(H,31,32,33). The van der Waals surface area contributed by atoms with Crippen LogP contribution in [0.1, 0.15) is 5.56 Å². The summed E-state index contributed by atoms with van der Waals surface area (Å²) in [5, 5.41) is 9.37. The van der Waals surface area contributed by atoms with E-state index < -0.39 is 0 Å². The molecule has 1 fully saturated rings. The molecule has 0 bridgehead atoms. The lowest BCUT2D eigenvalue weighted by Gasteiger charge is -2.29. The van der Waals surface area contributed by atoms with Gasteiger partial charge in [0, 0.05) is 60.4 Å². The van der Waals surface area contributed by atoms with Crippen molar-refractivity contribution in [3.8, 4) is 11.3 Å². The second kappa shape index (κ2) is 11.3. The molecule has 4 aromatic rings. The molecule has 0 spiro atoms. The number of hydrogen-bond acceptors (Lipinski definition) is 8. The fraction of sp³-hybridized carbons (Fsp3) is 0.143. The van der Waals surface area contributed by atoms with Gasteiger partial charge < -0.3 is 20.7 Å². The summed E-state index contributed by atoms with van der Waals surface area (Å²) < 4.78 is 5.48. The lowest BCUT2D eigenvalue weighted by Crippen LogP contribution is -2.36. The number of nitrogens with zero attached hydrogens (tertiary/aromatic N) is 6. The Balaban J connectivity index is 1.30. The van der Waals surface area contributed by atoms with Gasteiger partial charge in [-0.15, -0.1) is 0 Å². The molecule has 0 radical (unpaired) electrons. The molecule has 3 N–H and O–H groups in total. The van der Waals surface area contributed by atoms with Crippen molar-refractivity contribution in [2.24, 2.45) is 10.8 Å². The lowest BCUT2D eigenvalue weighted by molar-refractivity contribution is 0.122. The zero-order valence-corrected chi connectivity index (χ0v) is 20.4. The highest BCUT2D eigenvalue weighted by Crippen LogP contribution is 2.26. The van der Waals surface area contributed by atoms with Crippen LogP contribution in [0.2, 0.25) is 0 Å². The first-order valence-electron chi connectivity index (χ1n) is 12.0. The molecule has 1 aliphatic rings. The molecule has 0 aliphatic carbocycles. The summed E-state index contributed by atoms with van der Waals surface area (Å²) in [7, 11) is 0. The van der Waals surface area contributed by atoms with Crippen LogP contribution in [0.15, 0.2) is 103 Å². The monoisotopic (exact) mass is 492 g/mol. The molecule has 186 valence electrons. The van der Waals surface area contributed by atoms with Gasteiger partial charge in [-0.25, -0.2) is 15.0 Å². The highest BCUT2D eigenvalue weighted by atomic mass is 16.5. The van der Waals surface area contributed by atoms with E-state index in [1.165, 1.54) is 5.69 Å². The quantitative estimate of drug-likeness (QED) is 0.212. The maximum atomic E-state index is 6.15. The van der Waals surface area contributed by atoms with E-state index in [4.69, 9.17) is 15.5 Å². The van der Waals surface area contributed by atoms with Gasteiger partial charge >= 0.3 is 0 Å². The zero-order valence-electron chi connectivity index (χ0n) is 20.4. The minimum atomic E-state index is 0.368. The summed E-state index contributed by atoms with van der Waals surface area (Å²) in [6, 6.07) is 21.6. The maximum Gasteiger partial charge on any atom is 0.227 e. The Morgan fingerprint density at radius 1 is 1.03 bits per heavy atom. The third kappa shape index (κ3) is 5.91. The van der Waals surface area contributed by atoms with E-state index in [2.05, 4.69) is 56.1 Å². The average Bonchev–Trinajstić information content (AvgIpc) is 2.97. The number of rotatable bonds is 8. The van der Waals surface area contributed by atoms with Crippen molar-refractivity contribution in [3.05, 3.63) is 104 Å². The van der Waals surface area contributed by atoms with Crippen LogP contribution in [0.5, 0.6) is 0 Å². The van der Waals surface area contributed by atoms with E-state index >= 15 is 0 Å². The summed E-state index contributed by atoms with van der Waals surface area (Å²) in [4.78, 5) is 15.5. The molecule has 1 saturated heterocycles. The number of nitrogens with two attached hydrogens (primary N) is 1. The summed E-state index contributed by atoms with van der Waals surface area (Å²) in [6.07, 6.45) is 6.72. The molecule has 0 amide bonds. The maximum absolute atomic E-state index is 6.15. The van der Waals surface area contributed by atoms with Crippen molar-refractivity contribution in [2.75, 3.05) is 41.5 Å². The first-order valence-corrected chi connectivity index (χ1v) is 12.0. The van der Waals surface area contributed by atoms with Crippen molar-refractivity contribution >= 4 is 28.8 Å². The van der Waals surface area contributed by atoms with Crippen molar-refractivity contribution in [2.45, 2.75) is 0 Å². The average molecular weight is 493 g/mol. The van der Waals surface area contributed by atoms with Crippen molar-refractivity contribution in [1.29, 1.82) is 0 Å². The van der Waals surface area contributed by atoms with Gasteiger partial charge in [-0.05, 0) is 54.6 Å². The third-order valence-electron chi connectivity index (χ3n) is 5.93. The molecule has 37 heavy (non-hydrogen) atoms. The molecular formula is C28H28N8O. The second-order valence-corrected chi connectivity index (χ2v) is 8.34. The van der Waals surface area contributed by atoms with Crippen molar-refractivity contribution in [3.63, 3.8) is 0 Å². The van der Waals surface area contributed by atoms with E-state index in [0.717, 1.165) is 54.5 Å². The van der Waals surface area contributed by atoms with Crippen LogP contribution in [0.25, 0.3) is 11.3 Å². The normalized spacial score (nSPS) is 13.7. The molecule has 9 nitrogen and oxygen atoms in total. The van der Waals surface area contributed by atoms with Gasteiger partial charge in [-0.1, -0.05) is 18.7 Å². The SMILES string of the molecule is C=CN(/N=C(\N)c1ccncc1)c1ccc(Nc2nccc(-c3cccc(N4CCOCC4)c3)n2)cc1. The van der Waals surface area contributed by atoms with Gasteiger partial charge in [0.05, 0.1) is 24.6 Å². The van der Waals surface area contributed by atoms with Gasteiger partial charge in [0.2, 0.25) is 5.95 Å². The van der Waals surface area contributed by atoms with E-state index in [-0.39, 0.29) is 0 Å². The van der Waals surface area contributed by atoms with E-state index in [9.17, 15) is 0 Å². The van der Waals surface area contributed by atoms with Gasteiger partial charge in [0.25, 0.3) is 0 Å². The minimum Gasteiger partial charge on any atom is -0.382 e. The Morgan fingerprint density at radius 2 is 1.81 bits per heavy atom. The van der Waals surface area contributed by atoms with Crippen LogP contribution in [-0.2, 0) is 4.74 Å². The fourth-order valence-electron chi connectivity index (χ4n) is 3.99. The molecule has 1 aliphatic heterocycles. The molecule has 0 saturated carbocycles. The number of amidine groups is 1. The number of benzene rings is 2. The molecule has 3 heterocycles. The third-order valence-corrected chi connectivity index (χ3v) is 5.93. The lowest BCUT2D eigenvalue weighted by atomic mass is 10.1. The molecule has 0 atom stereocenters. The highest BCUT2D eigenvalue weighted by molar-refractivity contribution is 5.97. The van der Waals surface area contributed by atoms with Gasteiger partial charge in [-0.2, -0.15) is 5.10 Å². The minimum absolute atomic E-state index is 0.368. The number of ether oxygens (including phenoxy) is 1. The molecule has 2 aromatic heterocycles. The van der Waals surface area contributed by atoms with Crippen LogP contribution in [-0.4, -0.2) is 47.1 Å². The van der Waals surface area contributed by atoms with Gasteiger partial charge in [-0.3, -0.25) is 4.98 Å². The van der Waals surface area contributed by atoms with E-state index in [0.29, 0.717) is 11.8 Å². The highest BCUT2D eigenvalue weighted by Gasteiger charge is 2.12. The van der Waals surface area contributed by atoms with Crippen LogP contribution in [0.4, 0.5) is 23.0 Å². The molecule has 5 rings (SSSR count). The number of aromatic nitrogens is 3. The summed E-state index contributed by atoms with van der Waals surface area (Å²) >= 11 is 0. The Kier molecular flexibility index (Phi) is 7.33. The predicted octanol–water partition coefficient (Wildman–Crippen LogP) is 4.39. The first kappa shape index (κ1) is 24.0. The van der Waals surface area contributed by atoms with Gasteiger partial charge in [0.1, 0.15) is 0 Å². The smallest absolute Gasteiger partial charge is 0.227 e. The van der Waals surface area contributed by atoms with Crippen LogP contribution in [0.3, 0.4) is 0 Å². The number of anilines is 4. The molecular weight excluding hydrogens is 464 g/mol. The Hall–Kier alpha value is -4.76. The van der Waals surface area contributed by atoms with E-state index in [1.807, 2.05) is 30.3 Å². The number of morpholine rings is 1. The number of hydrogen-bond donors (Lipinski definition) is 2. The zero-order chi connectivity index (χ0) is 25.5. The second-order valence-electron chi connectivity index (χ2n) is 8.34. The fourth-order valence-corrected chi connectivity index (χ4v) is 3.99. The molecule has 9 heteroatoms. The largest absolute Gasteiger partial charge is 0.382 e. The van der Waals surface area contributed by atoms with Gasteiger partial charge in [0.15, 0.2) is 5.84 Å². The summed E-state index contributed by atoms with van der Waals surface area (Å²) in [5.41, 5.74) is 11.7.